The first-order chi connectivity index (χ1) is 21.8. The molecule has 0 aliphatic heterocycles. The van der Waals surface area contributed by atoms with E-state index < -0.39 is 66.4 Å². The van der Waals surface area contributed by atoms with E-state index in [1.54, 1.807) is 18.2 Å². The van der Waals surface area contributed by atoms with E-state index in [9.17, 15) is 49.9 Å². The molecule has 0 bridgehead atoms. The van der Waals surface area contributed by atoms with E-state index in [-0.39, 0.29) is 52.6 Å². The van der Waals surface area contributed by atoms with Crippen molar-refractivity contribution in [1.29, 1.82) is 0 Å². The van der Waals surface area contributed by atoms with E-state index in [0.29, 0.717) is 12.1 Å². The van der Waals surface area contributed by atoms with Gasteiger partial charge in [-0.15, -0.1) is 12.4 Å². The minimum Gasteiger partial charge on any atom is -0.480 e. The van der Waals surface area contributed by atoms with E-state index in [4.69, 9.17) is 15.6 Å². The van der Waals surface area contributed by atoms with Crippen molar-refractivity contribution in [2.24, 2.45) is 5.73 Å². The summed E-state index contributed by atoms with van der Waals surface area (Å²) >= 11 is 0. The minimum absolute atomic E-state index is 0. The summed E-state index contributed by atoms with van der Waals surface area (Å²) in [6.07, 6.45) is -13.0. The normalized spacial score (nSPS) is 12.4. The van der Waals surface area contributed by atoms with Crippen molar-refractivity contribution in [2.45, 2.75) is 44.3 Å². The molecule has 0 saturated carbocycles. The van der Waals surface area contributed by atoms with Gasteiger partial charge in [0, 0.05) is 34.6 Å². The fraction of sp³-hybridized carbons (Fsp3) is 0.290. The highest BCUT2D eigenvalue weighted by Crippen LogP contribution is 2.53. The molecule has 0 heterocycles. The Labute approximate surface area is 275 Å². The zero-order chi connectivity index (χ0) is 35.3. The number of ether oxygens (including phenoxy) is 1. The van der Waals surface area contributed by atoms with Gasteiger partial charge in [0.05, 0.1) is 6.42 Å². The monoisotopic (exact) mass is 707 g/mol. The molecule has 48 heavy (non-hydrogen) atoms. The van der Waals surface area contributed by atoms with Gasteiger partial charge >= 0.3 is 30.0 Å². The molecule has 4 N–H and O–H groups in total. The molecule has 0 aliphatic rings. The summed E-state index contributed by atoms with van der Waals surface area (Å²) in [5.41, 5.74) is -2.56. The fourth-order valence-electron chi connectivity index (χ4n) is 4.46. The number of aryl methyl sites for hydroxylation is 2. The lowest BCUT2D eigenvalue weighted by Gasteiger charge is -2.31. The maximum absolute atomic E-state index is 14.7. The Morgan fingerprint density at radius 2 is 1.40 bits per heavy atom. The van der Waals surface area contributed by atoms with E-state index >= 15 is 0 Å². The summed E-state index contributed by atoms with van der Waals surface area (Å²) in [5.74, 6) is -3.74. The number of nitrogens with one attached hydrogen (secondary N) is 1. The average molecular weight is 708 g/mol. The van der Waals surface area contributed by atoms with Crippen LogP contribution < -0.4 is 16.0 Å². The van der Waals surface area contributed by atoms with Crippen LogP contribution in [0.5, 0.6) is 0 Å². The SMILES string of the molecule is Cc1cc(C(F)(C(F)(F)F)C(F)(F)F)cc(C)c1NC(=O)c1cccc(N(CCC(=O)OCC(N)C(=O)O)C(=O)c2ccccc2)c1.Cl. The summed E-state index contributed by atoms with van der Waals surface area (Å²) in [4.78, 5) is 50.9. The third-order valence-electron chi connectivity index (χ3n) is 6.92. The van der Waals surface area contributed by atoms with E-state index in [1.165, 1.54) is 36.4 Å². The number of esters is 1. The van der Waals surface area contributed by atoms with E-state index in [1.807, 2.05) is 0 Å². The number of nitrogens with two attached hydrogens (primary N) is 1. The van der Waals surface area contributed by atoms with Crippen LogP contribution in [0.2, 0.25) is 0 Å². The average Bonchev–Trinajstić information content (AvgIpc) is 3.00. The van der Waals surface area contributed by atoms with Crippen LogP contribution in [-0.4, -0.2) is 60.4 Å². The lowest BCUT2D eigenvalue weighted by Crippen LogP contribution is -2.50. The number of amides is 2. The minimum atomic E-state index is -6.32. The molecule has 3 aromatic carbocycles. The van der Waals surface area contributed by atoms with Crippen LogP contribution in [-0.2, 0) is 20.0 Å². The number of benzene rings is 3. The molecule has 0 radical (unpaired) electrons. The smallest absolute Gasteiger partial charge is 0.435 e. The van der Waals surface area contributed by atoms with Crippen LogP contribution in [0.4, 0.5) is 42.1 Å². The molecule has 3 rings (SSSR count). The van der Waals surface area contributed by atoms with E-state index in [2.05, 4.69) is 5.32 Å². The molecular weight excluding hydrogens is 679 g/mol. The molecule has 0 fully saturated rings. The number of carboxylic acid groups (broad SMARTS) is 1. The van der Waals surface area contributed by atoms with Gasteiger partial charge in [0.15, 0.2) is 0 Å². The van der Waals surface area contributed by atoms with Gasteiger partial charge < -0.3 is 25.8 Å². The van der Waals surface area contributed by atoms with Crippen molar-refractivity contribution in [3.05, 3.63) is 94.5 Å². The number of halogens is 8. The van der Waals surface area contributed by atoms with Gasteiger partial charge in [-0.2, -0.15) is 26.3 Å². The van der Waals surface area contributed by atoms with Crippen LogP contribution in [0, 0.1) is 13.8 Å². The lowest BCUT2D eigenvalue weighted by atomic mass is 9.90. The number of anilines is 2. The van der Waals surface area contributed by atoms with E-state index in [0.717, 1.165) is 18.7 Å². The van der Waals surface area contributed by atoms with Gasteiger partial charge in [0.25, 0.3) is 11.8 Å². The van der Waals surface area contributed by atoms with Gasteiger partial charge in [0.2, 0.25) is 0 Å². The summed E-state index contributed by atoms with van der Waals surface area (Å²) < 4.78 is 99.3. The summed E-state index contributed by atoms with van der Waals surface area (Å²) in [7, 11) is 0. The third kappa shape index (κ3) is 8.80. The van der Waals surface area contributed by atoms with Gasteiger partial charge in [-0.1, -0.05) is 36.4 Å². The predicted molar refractivity (Wildman–Crippen MR) is 162 cm³/mol. The maximum Gasteiger partial charge on any atom is 0.435 e. The number of nitrogens with zero attached hydrogens (tertiary/aromatic N) is 1. The van der Waals surface area contributed by atoms with Gasteiger partial charge in [0.1, 0.15) is 12.6 Å². The first kappa shape index (κ1) is 39.5. The Kier molecular flexibility index (Phi) is 12.7. The molecule has 0 aliphatic carbocycles. The van der Waals surface area contributed by atoms with Crippen molar-refractivity contribution in [2.75, 3.05) is 23.4 Å². The summed E-state index contributed by atoms with van der Waals surface area (Å²) in [5, 5.41) is 11.3. The molecule has 0 saturated heterocycles. The number of hydrogen-bond acceptors (Lipinski definition) is 6. The topological polar surface area (TPSA) is 139 Å². The highest BCUT2D eigenvalue weighted by molar-refractivity contribution is 6.09. The third-order valence-corrected chi connectivity index (χ3v) is 6.92. The van der Waals surface area contributed by atoms with Gasteiger partial charge in [-0.05, 0) is 55.3 Å². The first-order valence-electron chi connectivity index (χ1n) is 13.6. The van der Waals surface area contributed by atoms with Crippen LogP contribution >= 0.6 is 12.4 Å². The summed E-state index contributed by atoms with van der Waals surface area (Å²) in [6, 6.07) is 12.4. The second-order valence-electron chi connectivity index (χ2n) is 10.3. The number of carboxylic acids is 1. The Balaban J connectivity index is 0.00000800. The Hall–Kier alpha value is -4.70. The van der Waals surface area contributed by atoms with Gasteiger partial charge in [-0.3, -0.25) is 19.2 Å². The van der Waals surface area contributed by atoms with Crippen LogP contribution in [0.3, 0.4) is 0 Å². The number of hydrogen-bond donors (Lipinski definition) is 3. The largest absolute Gasteiger partial charge is 0.480 e. The first-order valence-corrected chi connectivity index (χ1v) is 13.6. The van der Waals surface area contributed by atoms with Crippen LogP contribution in [0.1, 0.15) is 43.8 Å². The Morgan fingerprint density at radius 1 is 0.854 bits per heavy atom. The molecule has 1 atom stereocenters. The molecule has 0 spiro atoms. The Bertz CT molecular complexity index is 1610. The second-order valence-corrected chi connectivity index (χ2v) is 10.3. The van der Waals surface area contributed by atoms with Crippen LogP contribution in [0.15, 0.2) is 66.7 Å². The number of aliphatic carboxylic acids is 1. The van der Waals surface area contributed by atoms with Crippen molar-refractivity contribution < 1.29 is 59.8 Å². The lowest BCUT2D eigenvalue weighted by molar-refractivity contribution is -0.348. The molecule has 2 amide bonds. The number of carbonyl (C=O) groups excluding carboxylic acids is 3. The molecule has 260 valence electrons. The molecule has 1 unspecified atom stereocenters. The standard InChI is InChI=1S/C31H28F7N3O6.ClH/c1-17-13-21(29(32,30(33,34)35)31(36,37)38)14-18(2)25(17)40-26(43)20-9-6-10-22(15-20)41(27(44)19-7-4-3-5-8-19)12-11-24(42)47-16-23(39)28(45)46;/h3-10,13-15,23H,11-12,16,39H2,1-2H3,(H,40,43)(H,45,46);1H. The second kappa shape index (κ2) is 15.5. The molecule has 9 nitrogen and oxygen atoms in total. The zero-order valence-corrected chi connectivity index (χ0v) is 25.9. The molecular formula is C31H29ClF7N3O6. The van der Waals surface area contributed by atoms with Crippen molar-refractivity contribution >= 4 is 47.5 Å². The molecule has 3 aromatic rings. The number of carbonyl (C=O) groups is 4. The zero-order valence-electron chi connectivity index (χ0n) is 25.1. The number of rotatable bonds is 11. The highest BCUT2D eigenvalue weighted by Gasteiger charge is 2.73. The van der Waals surface area contributed by atoms with Crippen molar-refractivity contribution in [1.82, 2.24) is 0 Å². The highest BCUT2D eigenvalue weighted by atomic mass is 35.5. The molecule has 0 aromatic heterocycles. The van der Waals surface area contributed by atoms with Crippen molar-refractivity contribution in [3.8, 4) is 0 Å². The van der Waals surface area contributed by atoms with Gasteiger partial charge in [-0.25, -0.2) is 4.39 Å². The fourth-order valence-corrected chi connectivity index (χ4v) is 4.46. The molecule has 17 heteroatoms. The summed E-state index contributed by atoms with van der Waals surface area (Å²) in [6.45, 7) is 1.29. The van der Waals surface area contributed by atoms with Crippen molar-refractivity contribution in [3.63, 3.8) is 0 Å². The Morgan fingerprint density at radius 3 is 1.92 bits per heavy atom. The maximum atomic E-state index is 14.7. The van der Waals surface area contributed by atoms with Crippen LogP contribution in [0.25, 0.3) is 0 Å². The number of alkyl halides is 7. The quantitative estimate of drug-likeness (QED) is 0.158. The predicted octanol–water partition coefficient (Wildman–Crippen LogP) is 6.26.